The zero-order valence-electron chi connectivity index (χ0n) is 11.1. The van der Waals surface area contributed by atoms with Crippen molar-refractivity contribution in [2.24, 2.45) is 0 Å². The second kappa shape index (κ2) is 4.86. The Morgan fingerprint density at radius 2 is 2.14 bits per heavy atom. The second-order valence-electron chi connectivity index (χ2n) is 4.42. The van der Waals surface area contributed by atoms with Gasteiger partial charge in [-0.3, -0.25) is 4.79 Å². The van der Waals surface area contributed by atoms with Crippen LogP contribution in [0.1, 0.15) is 10.4 Å². The van der Waals surface area contributed by atoms with E-state index in [1.54, 1.807) is 12.3 Å². The molecule has 0 aliphatic heterocycles. The summed E-state index contributed by atoms with van der Waals surface area (Å²) in [5.41, 5.74) is 7.53. The normalized spacial score (nSPS) is 10.8. The minimum atomic E-state index is -0.671. The summed E-state index contributed by atoms with van der Waals surface area (Å²) in [6, 6.07) is 4.51. The van der Waals surface area contributed by atoms with Crippen molar-refractivity contribution in [2.45, 2.75) is 0 Å². The lowest BCUT2D eigenvalue weighted by Gasteiger charge is -2.11. The van der Waals surface area contributed by atoms with Gasteiger partial charge in [0.05, 0.1) is 16.9 Å². The Kier molecular flexibility index (Phi) is 3.02. The number of nitrogens with zero attached hydrogens (tertiary/aromatic N) is 2. The van der Waals surface area contributed by atoms with Crippen LogP contribution in [0.15, 0.2) is 30.7 Å². The van der Waals surface area contributed by atoms with Gasteiger partial charge in [0, 0.05) is 24.2 Å². The molecule has 2 heterocycles. The van der Waals surface area contributed by atoms with E-state index < -0.39 is 11.7 Å². The number of halogens is 1. The Labute approximate surface area is 119 Å². The number of nitrogens with one attached hydrogen (secondary N) is 2. The number of hydrogen-bond acceptors (Lipinski definition) is 4. The molecule has 0 fully saturated rings. The first-order chi connectivity index (χ1) is 10.1. The third kappa shape index (κ3) is 1.99. The summed E-state index contributed by atoms with van der Waals surface area (Å²) in [5.74, 6) is -1.25. The number of hydrogen-bond donors (Lipinski definition) is 3. The molecule has 2 aromatic heterocycles. The minimum absolute atomic E-state index is 0.0514. The monoisotopic (exact) mass is 285 g/mol. The van der Waals surface area contributed by atoms with Crippen LogP contribution < -0.4 is 11.1 Å². The summed E-state index contributed by atoms with van der Waals surface area (Å²) in [5, 5.41) is 3.12. The van der Waals surface area contributed by atoms with Crippen LogP contribution in [0.25, 0.3) is 22.3 Å². The zero-order chi connectivity index (χ0) is 15.0. The Morgan fingerprint density at radius 1 is 1.33 bits per heavy atom. The molecule has 106 valence electrons. The summed E-state index contributed by atoms with van der Waals surface area (Å²) in [4.78, 5) is 23.0. The van der Waals surface area contributed by atoms with Crippen LogP contribution in [-0.2, 0) is 0 Å². The number of anilines is 1. The van der Waals surface area contributed by atoms with Crippen molar-refractivity contribution >= 4 is 22.6 Å². The molecule has 4 N–H and O–H groups in total. The lowest BCUT2D eigenvalue weighted by atomic mass is 10.0. The van der Waals surface area contributed by atoms with Crippen LogP contribution in [-0.4, -0.2) is 27.9 Å². The van der Waals surface area contributed by atoms with Crippen LogP contribution in [0.3, 0.4) is 0 Å². The third-order valence-corrected chi connectivity index (χ3v) is 3.26. The first-order valence-electron chi connectivity index (χ1n) is 6.22. The van der Waals surface area contributed by atoms with Crippen molar-refractivity contribution < 1.29 is 9.18 Å². The molecule has 0 spiro atoms. The smallest absolute Gasteiger partial charge is 0.256 e. The van der Waals surface area contributed by atoms with Crippen LogP contribution >= 0.6 is 0 Å². The fourth-order valence-electron chi connectivity index (χ4n) is 2.24. The SMILES string of the molecule is CNC(=O)c1c(F)ccc(-c2ncnc3[nH]ccc23)c1N. The molecule has 6 nitrogen and oxygen atoms in total. The van der Waals surface area contributed by atoms with Crippen LogP contribution in [0.2, 0.25) is 0 Å². The predicted molar refractivity (Wildman–Crippen MR) is 77.1 cm³/mol. The number of carbonyl (C=O) groups is 1. The van der Waals surface area contributed by atoms with E-state index in [-0.39, 0.29) is 11.3 Å². The molecule has 0 saturated carbocycles. The van der Waals surface area contributed by atoms with Crippen molar-refractivity contribution in [1.29, 1.82) is 0 Å². The number of aromatic amines is 1. The Balaban J connectivity index is 2.29. The average Bonchev–Trinajstić information content (AvgIpc) is 2.96. The number of rotatable bonds is 2. The molecule has 3 aromatic rings. The topological polar surface area (TPSA) is 96.7 Å². The lowest BCUT2D eigenvalue weighted by molar-refractivity contribution is 0.0960. The molecule has 1 aromatic carbocycles. The molecule has 0 aliphatic rings. The maximum atomic E-state index is 13.9. The van der Waals surface area contributed by atoms with Gasteiger partial charge in [0.1, 0.15) is 17.8 Å². The number of aromatic nitrogens is 3. The molecule has 21 heavy (non-hydrogen) atoms. The van der Waals surface area contributed by atoms with Crippen molar-refractivity contribution in [3.63, 3.8) is 0 Å². The maximum Gasteiger partial charge on any atom is 0.256 e. The number of amides is 1. The molecule has 1 amide bonds. The molecule has 7 heteroatoms. The fraction of sp³-hybridized carbons (Fsp3) is 0.0714. The Hall–Kier alpha value is -2.96. The largest absolute Gasteiger partial charge is 0.397 e. The number of H-pyrrole nitrogens is 1. The first kappa shape index (κ1) is 13.0. The standard InChI is InChI=1S/C14H12FN5O/c1-17-14(21)10-9(15)3-2-7(11(10)16)12-8-4-5-18-13(8)20-6-19-12/h2-6H,16H2,1H3,(H,17,21)(H,18,19,20). The first-order valence-corrected chi connectivity index (χ1v) is 6.22. The van der Waals surface area contributed by atoms with E-state index in [1.807, 2.05) is 0 Å². The van der Waals surface area contributed by atoms with Gasteiger partial charge >= 0.3 is 0 Å². The van der Waals surface area contributed by atoms with Gasteiger partial charge in [0.15, 0.2) is 0 Å². The lowest BCUT2D eigenvalue weighted by Crippen LogP contribution is -2.21. The van der Waals surface area contributed by atoms with E-state index in [1.165, 1.54) is 25.5 Å². The van der Waals surface area contributed by atoms with Crippen molar-refractivity contribution in [1.82, 2.24) is 20.3 Å². The van der Waals surface area contributed by atoms with E-state index in [0.29, 0.717) is 16.9 Å². The number of nitrogens with two attached hydrogens (primary N) is 1. The van der Waals surface area contributed by atoms with Crippen LogP contribution in [0.4, 0.5) is 10.1 Å². The summed E-state index contributed by atoms with van der Waals surface area (Å²) < 4.78 is 13.9. The van der Waals surface area contributed by atoms with Gasteiger partial charge in [-0.15, -0.1) is 0 Å². The highest BCUT2D eigenvalue weighted by Crippen LogP contribution is 2.32. The molecule has 0 atom stereocenters. The molecule has 0 saturated heterocycles. The molecule has 0 radical (unpaired) electrons. The maximum absolute atomic E-state index is 13.9. The molecular formula is C14H12FN5O. The van der Waals surface area contributed by atoms with Crippen LogP contribution in [0.5, 0.6) is 0 Å². The third-order valence-electron chi connectivity index (χ3n) is 3.26. The van der Waals surface area contributed by atoms with Gasteiger partial charge in [-0.05, 0) is 18.2 Å². The van der Waals surface area contributed by atoms with Gasteiger partial charge in [-0.25, -0.2) is 14.4 Å². The molecule has 3 rings (SSSR count). The summed E-state index contributed by atoms with van der Waals surface area (Å²) in [6.45, 7) is 0. The van der Waals surface area contributed by atoms with Gasteiger partial charge in [0.25, 0.3) is 5.91 Å². The van der Waals surface area contributed by atoms with E-state index in [2.05, 4.69) is 20.3 Å². The van der Waals surface area contributed by atoms with E-state index in [4.69, 9.17) is 5.73 Å². The van der Waals surface area contributed by atoms with E-state index >= 15 is 0 Å². The van der Waals surface area contributed by atoms with Crippen molar-refractivity contribution in [3.8, 4) is 11.3 Å². The summed E-state index contributed by atoms with van der Waals surface area (Å²) >= 11 is 0. The molecule has 0 unspecified atom stereocenters. The average molecular weight is 285 g/mol. The number of carbonyl (C=O) groups excluding carboxylic acids is 1. The highest BCUT2D eigenvalue weighted by atomic mass is 19.1. The molecular weight excluding hydrogens is 273 g/mol. The summed E-state index contributed by atoms with van der Waals surface area (Å²) in [6.07, 6.45) is 3.11. The second-order valence-corrected chi connectivity index (χ2v) is 4.42. The zero-order valence-corrected chi connectivity index (χ0v) is 11.1. The Bertz CT molecular complexity index is 842. The van der Waals surface area contributed by atoms with Gasteiger partial charge < -0.3 is 16.0 Å². The van der Waals surface area contributed by atoms with Crippen molar-refractivity contribution in [2.75, 3.05) is 12.8 Å². The number of nitrogen functional groups attached to an aromatic ring is 1. The minimum Gasteiger partial charge on any atom is -0.397 e. The quantitative estimate of drug-likeness (QED) is 0.624. The van der Waals surface area contributed by atoms with Gasteiger partial charge in [0.2, 0.25) is 0 Å². The highest BCUT2D eigenvalue weighted by Gasteiger charge is 2.19. The van der Waals surface area contributed by atoms with Crippen LogP contribution in [0, 0.1) is 5.82 Å². The Morgan fingerprint density at radius 3 is 2.90 bits per heavy atom. The number of fused-ring (bicyclic) bond motifs is 1. The fourth-order valence-corrected chi connectivity index (χ4v) is 2.24. The van der Waals surface area contributed by atoms with E-state index in [0.717, 1.165) is 5.39 Å². The summed E-state index contributed by atoms with van der Waals surface area (Å²) in [7, 11) is 1.42. The predicted octanol–water partition coefficient (Wildman–Crippen LogP) is 1.71. The van der Waals surface area contributed by atoms with Gasteiger partial charge in [-0.2, -0.15) is 0 Å². The van der Waals surface area contributed by atoms with Crippen molar-refractivity contribution in [3.05, 3.63) is 42.1 Å². The molecule has 0 aliphatic carbocycles. The van der Waals surface area contributed by atoms with Gasteiger partial charge in [-0.1, -0.05) is 0 Å². The molecule has 0 bridgehead atoms. The van der Waals surface area contributed by atoms with E-state index in [9.17, 15) is 9.18 Å². The highest BCUT2D eigenvalue weighted by molar-refractivity contribution is 6.04. The number of benzene rings is 1.